The highest BCUT2D eigenvalue weighted by Crippen LogP contribution is 2.31. The Balaban J connectivity index is 2.06. The summed E-state index contributed by atoms with van der Waals surface area (Å²) in [5.74, 6) is -1.71. The number of anilines is 2. The Bertz CT molecular complexity index is 920. The number of esters is 1. The number of nitrogens with zero attached hydrogens (tertiary/aromatic N) is 1. The standard InChI is InChI=1S/C18H14F3N3O3/c1-10(16(25)24-13-4-2-3-11(7-13)9-22)27-17(26)14-6-5-12(8-15(14)23)18(19,20)21/h2-8,10H,23H2,1H3,(H,24,25)/t10-/m0/s1. The van der Waals surface area contributed by atoms with Crippen molar-refractivity contribution in [3.63, 3.8) is 0 Å². The van der Waals surface area contributed by atoms with Crippen LogP contribution in [0.25, 0.3) is 0 Å². The van der Waals surface area contributed by atoms with E-state index in [4.69, 9.17) is 15.7 Å². The first kappa shape index (κ1) is 19.8. The van der Waals surface area contributed by atoms with E-state index >= 15 is 0 Å². The van der Waals surface area contributed by atoms with Gasteiger partial charge in [-0.25, -0.2) is 4.79 Å². The van der Waals surface area contributed by atoms with Crippen LogP contribution in [0.5, 0.6) is 0 Å². The number of rotatable bonds is 4. The maximum absolute atomic E-state index is 12.6. The molecular weight excluding hydrogens is 363 g/mol. The van der Waals surface area contributed by atoms with Crippen LogP contribution in [0.4, 0.5) is 24.5 Å². The van der Waals surface area contributed by atoms with Crippen molar-refractivity contribution in [2.75, 3.05) is 11.1 Å². The van der Waals surface area contributed by atoms with E-state index in [1.165, 1.54) is 13.0 Å². The highest BCUT2D eigenvalue weighted by atomic mass is 19.4. The number of carbonyl (C=O) groups excluding carboxylic acids is 2. The quantitative estimate of drug-likeness (QED) is 0.628. The van der Waals surface area contributed by atoms with E-state index in [1.807, 2.05) is 6.07 Å². The summed E-state index contributed by atoms with van der Waals surface area (Å²) in [6.07, 6.45) is -5.84. The Morgan fingerprint density at radius 3 is 2.52 bits per heavy atom. The minimum Gasteiger partial charge on any atom is -0.449 e. The lowest BCUT2D eigenvalue weighted by Gasteiger charge is -2.15. The predicted molar refractivity (Wildman–Crippen MR) is 90.5 cm³/mol. The van der Waals surface area contributed by atoms with Gasteiger partial charge in [0.05, 0.1) is 22.8 Å². The Hall–Kier alpha value is -3.54. The van der Waals surface area contributed by atoms with E-state index in [9.17, 15) is 22.8 Å². The van der Waals surface area contributed by atoms with Crippen LogP contribution in [-0.2, 0) is 15.7 Å². The zero-order chi connectivity index (χ0) is 20.2. The van der Waals surface area contributed by atoms with Crippen molar-refractivity contribution in [1.82, 2.24) is 0 Å². The van der Waals surface area contributed by atoms with Crippen LogP contribution >= 0.6 is 0 Å². The van der Waals surface area contributed by atoms with Crippen LogP contribution in [0.15, 0.2) is 42.5 Å². The molecule has 0 bridgehead atoms. The second-order valence-electron chi connectivity index (χ2n) is 5.53. The Labute approximate surface area is 152 Å². The van der Waals surface area contributed by atoms with Gasteiger partial charge in [-0.2, -0.15) is 18.4 Å². The van der Waals surface area contributed by atoms with Crippen LogP contribution in [0, 0.1) is 11.3 Å². The highest BCUT2D eigenvalue weighted by molar-refractivity contribution is 5.99. The summed E-state index contributed by atoms with van der Waals surface area (Å²) in [5, 5.41) is 11.3. The lowest BCUT2D eigenvalue weighted by Crippen LogP contribution is -2.30. The summed E-state index contributed by atoms with van der Waals surface area (Å²) in [6, 6.07) is 10.2. The lowest BCUT2D eigenvalue weighted by atomic mass is 10.1. The molecule has 0 fully saturated rings. The number of nitriles is 1. The third kappa shape index (κ3) is 4.98. The van der Waals surface area contributed by atoms with Gasteiger partial charge in [0.25, 0.3) is 5.91 Å². The van der Waals surface area contributed by atoms with Gasteiger partial charge in [-0.3, -0.25) is 4.79 Å². The molecule has 2 aromatic carbocycles. The van der Waals surface area contributed by atoms with Crippen LogP contribution in [0.1, 0.15) is 28.4 Å². The summed E-state index contributed by atoms with van der Waals surface area (Å²) in [5.41, 5.74) is 4.46. The SMILES string of the molecule is C[C@H](OC(=O)c1ccc(C(F)(F)F)cc1N)C(=O)Nc1cccc(C#N)c1. The number of nitrogens with one attached hydrogen (secondary N) is 1. The second-order valence-corrected chi connectivity index (χ2v) is 5.53. The van der Waals surface area contributed by atoms with Gasteiger partial charge in [-0.1, -0.05) is 6.07 Å². The lowest BCUT2D eigenvalue weighted by molar-refractivity contribution is -0.137. The fraction of sp³-hybridized carbons (Fsp3) is 0.167. The number of halogens is 3. The van der Waals surface area contributed by atoms with E-state index in [0.717, 1.165) is 6.07 Å². The highest BCUT2D eigenvalue weighted by Gasteiger charge is 2.31. The van der Waals surface area contributed by atoms with E-state index in [1.54, 1.807) is 18.2 Å². The van der Waals surface area contributed by atoms with Crippen molar-refractivity contribution in [3.05, 3.63) is 59.2 Å². The first-order valence-electron chi connectivity index (χ1n) is 7.60. The molecule has 0 heterocycles. The fourth-order valence-electron chi connectivity index (χ4n) is 2.11. The zero-order valence-corrected chi connectivity index (χ0v) is 14.0. The minimum atomic E-state index is -4.60. The van der Waals surface area contributed by atoms with Crippen molar-refractivity contribution < 1.29 is 27.5 Å². The van der Waals surface area contributed by atoms with Gasteiger partial charge in [0.1, 0.15) is 0 Å². The van der Waals surface area contributed by atoms with E-state index in [-0.39, 0.29) is 5.56 Å². The van der Waals surface area contributed by atoms with Crippen LogP contribution in [0.3, 0.4) is 0 Å². The number of alkyl halides is 3. The topological polar surface area (TPSA) is 105 Å². The maximum atomic E-state index is 12.6. The van der Waals surface area contributed by atoms with Gasteiger partial charge in [-0.15, -0.1) is 0 Å². The molecule has 0 aromatic heterocycles. The molecule has 0 aliphatic heterocycles. The van der Waals surface area contributed by atoms with Crippen LogP contribution in [-0.4, -0.2) is 18.0 Å². The van der Waals surface area contributed by atoms with Crippen molar-refractivity contribution in [3.8, 4) is 6.07 Å². The fourth-order valence-corrected chi connectivity index (χ4v) is 2.11. The van der Waals surface area contributed by atoms with Crippen LogP contribution < -0.4 is 11.1 Å². The molecule has 0 radical (unpaired) electrons. The molecule has 27 heavy (non-hydrogen) atoms. The molecule has 3 N–H and O–H groups in total. The smallest absolute Gasteiger partial charge is 0.416 e. The monoisotopic (exact) mass is 377 g/mol. The predicted octanol–water partition coefficient (Wildman–Crippen LogP) is 3.34. The molecular formula is C18H14F3N3O3. The number of nitrogens with two attached hydrogens (primary N) is 1. The van der Waals surface area contributed by atoms with Gasteiger partial charge >= 0.3 is 12.1 Å². The molecule has 1 amide bonds. The van der Waals surface area contributed by atoms with Gasteiger partial charge in [0.15, 0.2) is 6.10 Å². The first-order valence-corrected chi connectivity index (χ1v) is 7.60. The van der Waals surface area contributed by atoms with E-state index in [2.05, 4.69) is 5.32 Å². The number of carbonyl (C=O) groups is 2. The molecule has 0 unspecified atom stereocenters. The van der Waals surface area contributed by atoms with Gasteiger partial charge in [0, 0.05) is 11.4 Å². The molecule has 0 spiro atoms. The van der Waals surface area contributed by atoms with E-state index < -0.39 is 35.4 Å². The molecule has 0 saturated heterocycles. The average molecular weight is 377 g/mol. The molecule has 0 saturated carbocycles. The summed E-state index contributed by atoms with van der Waals surface area (Å²) in [4.78, 5) is 24.2. The van der Waals surface area contributed by atoms with Crippen molar-refractivity contribution in [1.29, 1.82) is 5.26 Å². The largest absolute Gasteiger partial charge is 0.449 e. The summed E-state index contributed by atoms with van der Waals surface area (Å²) < 4.78 is 42.9. The number of hydrogen-bond donors (Lipinski definition) is 2. The minimum absolute atomic E-state index is 0.283. The third-order valence-corrected chi connectivity index (χ3v) is 3.51. The summed E-state index contributed by atoms with van der Waals surface area (Å²) in [6.45, 7) is 1.29. The Morgan fingerprint density at radius 2 is 1.93 bits per heavy atom. The molecule has 0 aliphatic rings. The molecule has 6 nitrogen and oxygen atoms in total. The Kier molecular flexibility index (Phi) is 5.70. The molecule has 2 aromatic rings. The van der Waals surface area contributed by atoms with Crippen molar-refractivity contribution in [2.45, 2.75) is 19.2 Å². The molecule has 0 aliphatic carbocycles. The Morgan fingerprint density at radius 1 is 1.22 bits per heavy atom. The number of benzene rings is 2. The zero-order valence-electron chi connectivity index (χ0n) is 14.0. The molecule has 9 heteroatoms. The molecule has 1 atom stereocenters. The molecule has 2 rings (SSSR count). The summed E-state index contributed by atoms with van der Waals surface area (Å²) >= 11 is 0. The van der Waals surface area contributed by atoms with Gasteiger partial charge < -0.3 is 15.8 Å². The third-order valence-electron chi connectivity index (χ3n) is 3.51. The molecule has 140 valence electrons. The van der Waals surface area contributed by atoms with Crippen LogP contribution in [0.2, 0.25) is 0 Å². The number of hydrogen-bond acceptors (Lipinski definition) is 5. The first-order chi connectivity index (χ1) is 12.6. The number of amides is 1. The number of nitrogen functional groups attached to an aromatic ring is 1. The average Bonchev–Trinajstić information content (AvgIpc) is 2.60. The number of ether oxygens (including phenoxy) is 1. The maximum Gasteiger partial charge on any atom is 0.416 e. The summed E-state index contributed by atoms with van der Waals surface area (Å²) in [7, 11) is 0. The van der Waals surface area contributed by atoms with Gasteiger partial charge in [0.2, 0.25) is 0 Å². The second kappa shape index (κ2) is 7.78. The van der Waals surface area contributed by atoms with Crippen molar-refractivity contribution >= 4 is 23.3 Å². The van der Waals surface area contributed by atoms with Crippen molar-refractivity contribution in [2.24, 2.45) is 0 Å². The van der Waals surface area contributed by atoms with E-state index in [0.29, 0.717) is 23.4 Å². The normalized spacial score (nSPS) is 12.0. The van der Waals surface area contributed by atoms with Gasteiger partial charge in [-0.05, 0) is 43.3 Å².